The lowest BCUT2D eigenvalue weighted by Crippen LogP contribution is -2.23. The Kier molecular flexibility index (Phi) is 5.06. The molecular formula is C12H20N2O3. The van der Waals surface area contributed by atoms with Gasteiger partial charge in [-0.1, -0.05) is 0 Å². The standard InChI is InChI=1S/C12H20N2O3/c1-8(2)17-12-4-9(13)3-10(5-12)14-6-11(16)7-15/h3-5,8,11,14-16H,6-7,13H2,1-2H3. The minimum atomic E-state index is -0.786. The second kappa shape index (κ2) is 6.32. The summed E-state index contributed by atoms with van der Waals surface area (Å²) in [5.74, 6) is 0.681. The number of hydrogen-bond acceptors (Lipinski definition) is 5. The minimum Gasteiger partial charge on any atom is -0.491 e. The Bertz CT molecular complexity index is 356. The first-order valence-electron chi connectivity index (χ1n) is 5.61. The van der Waals surface area contributed by atoms with Gasteiger partial charge in [0.2, 0.25) is 0 Å². The average molecular weight is 240 g/mol. The van der Waals surface area contributed by atoms with Crippen molar-refractivity contribution in [1.29, 1.82) is 0 Å². The highest BCUT2D eigenvalue weighted by Crippen LogP contribution is 2.23. The summed E-state index contributed by atoms with van der Waals surface area (Å²) in [6, 6.07) is 5.30. The monoisotopic (exact) mass is 240 g/mol. The molecule has 1 aromatic carbocycles. The molecule has 0 fully saturated rings. The SMILES string of the molecule is CC(C)Oc1cc(N)cc(NCC(O)CO)c1. The second-order valence-corrected chi connectivity index (χ2v) is 4.17. The van der Waals surface area contributed by atoms with Crippen molar-refractivity contribution in [3.05, 3.63) is 18.2 Å². The molecule has 0 aliphatic heterocycles. The van der Waals surface area contributed by atoms with Gasteiger partial charge in [0.15, 0.2) is 0 Å². The molecule has 0 bridgehead atoms. The molecule has 0 amide bonds. The van der Waals surface area contributed by atoms with Gasteiger partial charge in [0.05, 0.1) is 18.8 Å². The molecule has 1 aromatic rings. The first-order valence-corrected chi connectivity index (χ1v) is 5.61. The van der Waals surface area contributed by atoms with E-state index in [9.17, 15) is 5.11 Å². The molecule has 1 atom stereocenters. The molecule has 5 heteroatoms. The maximum absolute atomic E-state index is 9.23. The van der Waals surface area contributed by atoms with Crippen LogP contribution in [0.1, 0.15) is 13.8 Å². The molecule has 17 heavy (non-hydrogen) atoms. The number of aliphatic hydroxyl groups excluding tert-OH is 2. The smallest absolute Gasteiger partial charge is 0.123 e. The maximum Gasteiger partial charge on any atom is 0.123 e. The van der Waals surface area contributed by atoms with Crippen LogP contribution in [-0.2, 0) is 0 Å². The van der Waals surface area contributed by atoms with E-state index in [1.807, 2.05) is 13.8 Å². The molecule has 0 saturated carbocycles. The zero-order valence-electron chi connectivity index (χ0n) is 10.2. The van der Waals surface area contributed by atoms with Crippen LogP contribution < -0.4 is 15.8 Å². The summed E-state index contributed by atoms with van der Waals surface area (Å²) >= 11 is 0. The van der Waals surface area contributed by atoms with Crippen molar-refractivity contribution in [2.24, 2.45) is 0 Å². The summed E-state index contributed by atoms with van der Waals surface area (Å²) in [6.45, 7) is 3.86. The molecule has 1 rings (SSSR count). The summed E-state index contributed by atoms with van der Waals surface area (Å²) < 4.78 is 5.54. The molecule has 1 unspecified atom stereocenters. The van der Waals surface area contributed by atoms with Crippen LogP contribution >= 0.6 is 0 Å². The Hall–Kier alpha value is -1.46. The van der Waals surface area contributed by atoms with Crippen LogP contribution in [0.4, 0.5) is 11.4 Å². The van der Waals surface area contributed by atoms with Gasteiger partial charge in [-0.05, 0) is 19.9 Å². The molecule has 5 nitrogen and oxygen atoms in total. The number of hydrogen-bond donors (Lipinski definition) is 4. The fourth-order valence-corrected chi connectivity index (χ4v) is 1.36. The molecule has 0 aliphatic rings. The van der Waals surface area contributed by atoms with Gasteiger partial charge >= 0.3 is 0 Å². The first kappa shape index (κ1) is 13.6. The molecule has 0 heterocycles. The number of nitrogen functional groups attached to an aromatic ring is 1. The molecule has 0 saturated heterocycles. The van der Waals surface area contributed by atoms with Crippen molar-refractivity contribution < 1.29 is 14.9 Å². The zero-order chi connectivity index (χ0) is 12.8. The van der Waals surface area contributed by atoms with Crippen molar-refractivity contribution >= 4 is 11.4 Å². The molecule has 0 aromatic heterocycles. The number of benzene rings is 1. The molecule has 5 N–H and O–H groups in total. The number of rotatable bonds is 6. The third kappa shape index (κ3) is 4.93. The van der Waals surface area contributed by atoms with Crippen LogP contribution in [0.15, 0.2) is 18.2 Å². The molecule has 0 spiro atoms. The van der Waals surface area contributed by atoms with Crippen LogP contribution in [-0.4, -0.2) is 35.6 Å². The lowest BCUT2D eigenvalue weighted by Gasteiger charge is -2.14. The summed E-state index contributed by atoms with van der Waals surface area (Å²) in [5, 5.41) is 20.9. The Labute approximate surface area is 101 Å². The van der Waals surface area contributed by atoms with E-state index in [-0.39, 0.29) is 19.3 Å². The van der Waals surface area contributed by atoms with Crippen molar-refractivity contribution in [3.8, 4) is 5.75 Å². The highest BCUT2D eigenvalue weighted by molar-refractivity contribution is 5.59. The van der Waals surface area contributed by atoms with Gasteiger partial charge in [-0.3, -0.25) is 0 Å². The van der Waals surface area contributed by atoms with Crippen molar-refractivity contribution in [1.82, 2.24) is 0 Å². The van der Waals surface area contributed by atoms with Crippen LogP contribution in [0.2, 0.25) is 0 Å². The van der Waals surface area contributed by atoms with Gasteiger partial charge in [0.25, 0.3) is 0 Å². The second-order valence-electron chi connectivity index (χ2n) is 4.17. The highest BCUT2D eigenvalue weighted by atomic mass is 16.5. The van der Waals surface area contributed by atoms with E-state index >= 15 is 0 Å². The number of ether oxygens (including phenoxy) is 1. The Morgan fingerprint density at radius 3 is 2.65 bits per heavy atom. The summed E-state index contributed by atoms with van der Waals surface area (Å²) in [4.78, 5) is 0. The maximum atomic E-state index is 9.23. The van der Waals surface area contributed by atoms with E-state index in [0.29, 0.717) is 11.4 Å². The van der Waals surface area contributed by atoms with Gasteiger partial charge in [0.1, 0.15) is 5.75 Å². The van der Waals surface area contributed by atoms with Crippen LogP contribution in [0.25, 0.3) is 0 Å². The van der Waals surface area contributed by atoms with Crippen LogP contribution in [0.5, 0.6) is 5.75 Å². The average Bonchev–Trinajstić information content (AvgIpc) is 2.24. The van der Waals surface area contributed by atoms with Gasteiger partial charge in [0, 0.05) is 30.1 Å². The van der Waals surface area contributed by atoms with Gasteiger partial charge in [-0.2, -0.15) is 0 Å². The normalized spacial score (nSPS) is 12.5. The van der Waals surface area contributed by atoms with Crippen LogP contribution in [0, 0.1) is 0 Å². The lowest BCUT2D eigenvalue weighted by atomic mass is 10.2. The fourth-order valence-electron chi connectivity index (χ4n) is 1.36. The zero-order valence-corrected chi connectivity index (χ0v) is 10.2. The third-order valence-corrected chi connectivity index (χ3v) is 2.05. The fraction of sp³-hybridized carbons (Fsp3) is 0.500. The molecule has 0 aliphatic carbocycles. The van der Waals surface area contributed by atoms with E-state index in [1.165, 1.54) is 0 Å². The molecule has 0 radical (unpaired) electrons. The summed E-state index contributed by atoms with van der Waals surface area (Å²) in [6.07, 6.45) is -0.710. The predicted molar refractivity (Wildman–Crippen MR) is 68.2 cm³/mol. The van der Waals surface area contributed by atoms with Crippen molar-refractivity contribution in [2.75, 3.05) is 24.2 Å². The van der Waals surface area contributed by atoms with E-state index in [1.54, 1.807) is 18.2 Å². The number of aliphatic hydroxyl groups is 2. The van der Waals surface area contributed by atoms with E-state index in [2.05, 4.69) is 5.32 Å². The topological polar surface area (TPSA) is 87.7 Å². The Morgan fingerprint density at radius 2 is 2.06 bits per heavy atom. The Balaban J connectivity index is 2.68. The van der Waals surface area contributed by atoms with Crippen molar-refractivity contribution in [3.63, 3.8) is 0 Å². The number of nitrogens with two attached hydrogens (primary N) is 1. The summed E-state index contributed by atoms with van der Waals surface area (Å²) in [7, 11) is 0. The van der Waals surface area contributed by atoms with Gasteiger partial charge in [-0.15, -0.1) is 0 Å². The quantitative estimate of drug-likeness (QED) is 0.553. The largest absolute Gasteiger partial charge is 0.491 e. The third-order valence-electron chi connectivity index (χ3n) is 2.05. The van der Waals surface area contributed by atoms with Crippen molar-refractivity contribution in [2.45, 2.75) is 26.1 Å². The predicted octanol–water partition coefficient (Wildman–Crippen LogP) is 0.821. The van der Waals surface area contributed by atoms with Gasteiger partial charge < -0.3 is 26.0 Å². The molecule has 96 valence electrons. The van der Waals surface area contributed by atoms with Gasteiger partial charge in [-0.25, -0.2) is 0 Å². The number of nitrogens with one attached hydrogen (secondary N) is 1. The van der Waals surface area contributed by atoms with E-state index < -0.39 is 6.10 Å². The van der Waals surface area contributed by atoms with E-state index in [4.69, 9.17) is 15.6 Å². The summed E-state index contributed by atoms with van der Waals surface area (Å²) in [5.41, 5.74) is 7.09. The van der Waals surface area contributed by atoms with Crippen LogP contribution in [0.3, 0.4) is 0 Å². The highest BCUT2D eigenvalue weighted by Gasteiger charge is 2.04. The Morgan fingerprint density at radius 1 is 1.35 bits per heavy atom. The van der Waals surface area contributed by atoms with E-state index in [0.717, 1.165) is 5.69 Å². The lowest BCUT2D eigenvalue weighted by molar-refractivity contribution is 0.105. The minimum absolute atomic E-state index is 0.0766. The molecular weight excluding hydrogens is 220 g/mol. The first-order chi connectivity index (χ1) is 8.01. The number of anilines is 2.